The number of carbonyl (C=O) groups excluding carboxylic acids is 1. The van der Waals surface area contributed by atoms with Gasteiger partial charge in [-0.25, -0.2) is 4.79 Å². The zero-order valence-electron chi connectivity index (χ0n) is 9.57. The van der Waals surface area contributed by atoms with E-state index in [0.717, 1.165) is 0 Å². The number of fused-ring (bicyclic) bond motifs is 1. The average molecular weight is 397 g/mol. The van der Waals surface area contributed by atoms with Gasteiger partial charge in [0.25, 0.3) is 0 Å². The first-order valence-electron chi connectivity index (χ1n) is 5.02. The van der Waals surface area contributed by atoms with Gasteiger partial charge in [-0.05, 0) is 31.9 Å². The van der Waals surface area contributed by atoms with Gasteiger partial charge in [0.2, 0.25) is 5.75 Å². The van der Waals surface area contributed by atoms with E-state index in [1.54, 1.807) is 0 Å². The highest BCUT2D eigenvalue weighted by Gasteiger charge is 2.36. The Morgan fingerprint density at radius 3 is 2.37 bits per heavy atom. The number of methoxy groups -OCH3 is 1. The minimum absolute atomic E-state index is 0.0138. The molecule has 9 heteroatoms. The van der Waals surface area contributed by atoms with E-state index in [1.807, 2.05) is 0 Å². The van der Waals surface area contributed by atoms with Crippen molar-refractivity contribution in [1.29, 1.82) is 0 Å². The first kappa shape index (κ1) is 14.1. The molecule has 1 aromatic rings. The number of halogens is 2. The van der Waals surface area contributed by atoms with Gasteiger partial charge in [-0.1, -0.05) is 0 Å². The van der Waals surface area contributed by atoms with Crippen molar-refractivity contribution >= 4 is 43.5 Å². The number of benzene rings is 1. The first-order chi connectivity index (χ1) is 8.99. The number of nitro groups is 1. The summed E-state index contributed by atoms with van der Waals surface area (Å²) in [6, 6.07) is 0. The fourth-order valence-corrected chi connectivity index (χ4v) is 2.69. The predicted molar refractivity (Wildman–Crippen MR) is 70.8 cm³/mol. The van der Waals surface area contributed by atoms with Crippen molar-refractivity contribution in [2.75, 3.05) is 20.3 Å². The standard InChI is InChI=1S/C10H7Br2NO6/c1-17-10(14)4-5(11)6(12)7(13(15)16)9-8(4)18-2-3-19-9/h2-3H2,1H3. The van der Waals surface area contributed by atoms with Crippen LogP contribution in [0.25, 0.3) is 0 Å². The summed E-state index contributed by atoms with van der Waals surface area (Å²) in [5.74, 6) is -0.740. The molecule has 0 atom stereocenters. The summed E-state index contributed by atoms with van der Waals surface area (Å²) < 4.78 is 15.5. The van der Waals surface area contributed by atoms with Crippen LogP contribution in [0.15, 0.2) is 8.95 Å². The van der Waals surface area contributed by atoms with Crippen molar-refractivity contribution in [2.24, 2.45) is 0 Å². The second-order valence-corrected chi connectivity index (χ2v) is 5.04. The molecule has 0 fully saturated rings. The largest absolute Gasteiger partial charge is 0.485 e. The SMILES string of the molecule is COC(=O)c1c(Br)c(Br)c([N+](=O)[O-])c2c1OCCO2. The monoisotopic (exact) mass is 395 g/mol. The number of esters is 1. The molecule has 0 spiro atoms. The van der Waals surface area contributed by atoms with Crippen LogP contribution in [0.1, 0.15) is 10.4 Å². The number of nitro benzene ring substituents is 1. The van der Waals surface area contributed by atoms with Crippen LogP contribution in [0, 0.1) is 10.1 Å². The lowest BCUT2D eigenvalue weighted by atomic mass is 10.1. The molecule has 0 saturated carbocycles. The topological polar surface area (TPSA) is 87.9 Å². The molecule has 7 nitrogen and oxygen atoms in total. The molecule has 0 aromatic heterocycles. The summed E-state index contributed by atoms with van der Waals surface area (Å²) >= 11 is 6.21. The second kappa shape index (κ2) is 5.33. The highest BCUT2D eigenvalue weighted by Crippen LogP contribution is 2.50. The van der Waals surface area contributed by atoms with Crippen LogP contribution in [-0.4, -0.2) is 31.2 Å². The summed E-state index contributed by atoms with van der Waals surface area (Å²) in [6.07, 6.45) is 0. The molecule has 0 N–H and O–H groups in total. The lowest BCUT2D eigenvalue weighted by molar-refractivity contribution is -0.387. The van der Waals surface area contributed by atoms with Crippen LogP contribution in [0.2, 0.25) is 0 Å². The van der Waals surface area contributed by atoms with E-state index in [2.05, 4.69) is 36.6 Å². The number of rotatable bonds is 2. The maximum Gasteiger partial charge on any atom is 0.343 e. The van der Waals surface area contributed by atoms with Gasteiger partial charge in [0.15, 0.2) is 5.75 Å². The van der Waals surface area contributed by atoms with E-state index >= 15 is 0 Å². The van der Waals surface area contributed by atoms with Gasteiger partial charge in [-0.3, -0.25) is 10.1 Å². The average Bonchev–Trinajstić information content (AvgIpc) is 2.39. The molecule has 0 aliphatic carbocycles. The van der Waals surface area contributed by atoms with Crippen molar-refractivity contribution in [3.8, 4) is 11.5 Å². The van der Waals surface area contributed by atoms with Crippen LogP contribution in [0.4, 0.5) is 5.69 Å². The van der Waals surface area contributed by atoms with Gasteiger partial charge in [0.1, 0.15) is 23.2 Å². The lowest BCUT2D eigenvalue weighted by Crippen LogP contribution is -2.20. The number of nitrogens with zero attached hydrogens (tertiary/aromatic N) is 1. The van der Waals surface area contributed by atoms with E-state index in [4.69, 9.17) is 9.47 Å². The zero-order valence-corrected chi connectivity index (χ0v) is 12.7. The Kier molecular flexibility index (Phi) is 3.95. The quantitative estimate of drug-likeness (QED) is 0.433. The summed E-state index contributed by atoms with van der Waals surface area (Å²) in [6.45, 7) is 0.366. The van der Waals surface area contributed by atoms with Crippen LogP contribution >= 0.6 is 31.9 Å². The summed E-state index contributed by atoms with van der Waals surface area (Å²) in [5, 5.41) is 11.1. The molecule has 1 aliphatic heterocycles. The minimum atomic E-state index is -0.677. The lowest BCUT2D eigenvalue weighted by Gasteiger charge is -2.21. The van der Waals surface area contributed by atoms with E-state index in [1.165, 1.54) is 7.11 Å². The van der Waals surface area contributed by atoms with Crippen molar-refractivity contribution in [3.63, 3.8) is 0 Å². The molecular weight excluding hydrogens is 390 g/mol. The molecule has 2 rings (SSSR count). The molecule has 0 radical (unpaired) electrons. The van der Waals surface area contributed by atoms with E-state index < -0.39 is 10.9 Å². The predicted octanol–water partition coefficient (Wildman–Crippen LogP) is 2.68. The molecule has 102 valence electrons. The number of carbonyl (C=O) groups is 1. The molecule has 0 bridgehead atoms. The third kappa shape index (κ3) is 2.27. The summed E-state index contributed by atoms with van der Waals surface area (Å²) in [4.78, 5) is 22.3. The highest BCUT2D eigenvalue weighted by molar-refractivity contribution is 9.13. The molecule has 0 amide bonds. The number of hydrogen-bond acceptors (Lipinski definition) is 6. The van der Waals surface area contributed by atoms with Crippen LogP contribution < -0.4 is 9.47 Å². The number of ether oxygens (including phenoxy) is 3. The van der Waals surface area contributed by atoms with Crippen molar-refractivity contribution in [3.05, 3.63) is 24.6 Å². The molecule has 0 saturated heterocycles. The van der Waals surface area contributed by atoms with Gasteiger partial charge in [-0.2, -0.15) is 0 Å². The van der Waals surface area contributed by atoms with E-state index in [9.17, 15) is 14.9 Å². The van der Waals surface area contributed by atoms with Crippen molar-refractivity contribution < 1.29 is 23.9 Å². The fourth-order valence-electron chi connectivity index (χ4n) is 1.64. The summed E-state index contributed by atoms with van der Waals surface area (Å²) in [5.41, 5.74) is -0.246. The van der Waals surface area contributed by atoms with Crippen LogP contribution in [0.3, 0.4) is 0 Å². The van der Waals surface area contributed by atoms with Gasteiger partial charge in [-0.15, -0.1) is 0 Å². The van der Waals surface area contributed by atoms with Crippen LogP contribution in [0.5, 0.6) is 11.5 Å². The summed E-state index contributed by atoms with van der Waals surface area (Å²) in [7, 11) is 1.21. The Labute approximate surface area is 124 Å². The van der Waals surface area contributed by atoms with Crippen molar-refractivity contribution in [1.82, 2.24) is 0 Å². The van der Waals surface area contributed by atoms with Crippen molar-refractivity contribution in [2.45, 2.75) is 0 Å². The smallest absolute Gasteiger partial charge is 0.343 e. The normalized spacial score (nSPS) is 13.0. The molecule has 0 unspecified atom stereocenters. The first-order valence-corrected chi connectivity index (χ1v) is 6.60. The van der Waals surface area contributed by atoms with Gasteiger partial charge < -0.3 is 14.2 Å². The molecule has 1 aromatic carbocycles. The maximum atomic E-state index is 11.8. The van der Waals surface area contributed by atoms with E-state index in [-0.39, 0.29) is 44.9 Å². The molecular formula is C10H7Br2NO6. The third-order valence-electron chi connectivity index (χ3n) is 2.42. The Bertz CT molecular complexity index is 574. The minimum Gasteiger partial charge on any atom is -0.485 e. The number of hydrogen-bond donors (Lipinski definition) is 0. The van der Waals surface area contributed by atoms with Gasteiger partial charge in [0, 0.05) is 0 Å². The Hall–Kier alpha value is -1.35. The fraction of sp³-hybridized carbons (Fsp3) is 0.300. The van der Waals surface area contributed by atoms with Gasteiger partial charge in [0.05, 0.1) is 16.5 Å². The Morgan fingerprint density at radius 1 is 1.26 bits per heavy atom. The Balaban J connectivity index is 2.81. The second-order valence-electron chi connectivity index (χ2n) is 3.46. The third-order valence-corrected chi connectivity index (χ3v) is 4.51. The highest BCUT2D eigenvalue weighted by atomic mass is 79.9. The van der Waals surface area contributed by atoms with Crippen LogP contribution in [-0.2, 0) is 4.74 Å². The van der Waals surface area contributed by atoms with Gasteiger partial charge >= 0.3 is 11.7 Å². The zero-order chi connectivity index (χ0) is 14.2. The Morgan fingerprint density at radius 2 is 1.84 bits per heavy atom. The molecule has 1 heterocycles. The molecule has 1 aliphatic rings. The maximum absolute atomic E-state index is 11.8. The molecule has 19 heavy (non-hydrogen) atoms. The van der Waals surface area contributed by atoms with E-state index in [0.29, 0.717) is 0 Å².